The van der Waals surface area contributed by atoms with Crippen molar-refractivity contribution in [2.24, 2.45) is 5.84 Å². The Labute approximate surface area is 88.5 Å². The molecule has 3 heteroatoms. The molecular formula is C12H14N2O. The van der Waals surface area contributed by atoms with Crippen LogP contribution in [-0.2, 0) is 0 Å². The van der Waals surface area contributed by atoms with Crippen LogP contribution in [0.3, 0.4) is 0 Å². The van der Waals surface area contributed by atoms with Gasteiger partial charge in [-0.1, -0.05) is 36.4 Å². The first-order valence-electron chi connectivity index (χ1n) is 4.91. The van der Waals surface area contributed by atoms with E-state index in [0.717, 1.165) is 16.3 Å². The number of phenols is 1. The zero-order valence-electron chi connectivity index (χ0n) is 8.57. The van der Waals surface area contributed by atoms with Crippen molar-refractivity contribution in [3.8, 4) is 5.75 Å². The Morgan fingerprint density at radius 1 is 1.20 bits per heavy atom. The molecular weight excluding hydrogens is 188 g/mol. The van der Waals surface area contributed by atoms with Crippen LogP contribution in [0.4, 0.5) is 0 Å². The van der Waals surface area contributed by atoms with Crippen molar-refractivity contribution in [1.29, 1.82) is 0 Å². The van der Waals surface area contributed by atoms with Crippen LogP contribution >= 0.6 is 0 Å². The number of rotatable bonds is 2. The maximum atomic E-state index is 10.1. The van der Waals surface area contributed by atoms with Crippen LogP contribution in [0.25, 0.3) is 10.8 Å². The van der Waals surface area contributed by atoms with E-state index in [1.807, 2.05) is 43.3 Å². The van der Waals surface area contributed by atoms with E-state index in [2.05, 4.69) is 5.43 Å². The van der Waals surface area contributed by atoms with Gasteiger partial charge < -0.3 is 5.11 Å². The number of hydrogen-bond acceptors (Lipinski definition) is 3. The van der Waals surface area contributed by atoms with Gasteiger partial charge in [0.15, 0.2) is 0 Å². The van der Waals surface area contributed by atoms with Crippen molar-refractivity contribution in [2.75, 3.05) is 0 Å². The maximum absolute atomic E-state index is 10.1. The van der Waals surface area contributed by atoms with E-state index in [-0.39, 0.29) is 6.04 Å². The molecule has 0 aliphatic heterocycles. The lowest BCUT2D eigenvalue weighted by atomic mass is 10.0. The van der Waals surface area contributed by atoms with Gasteiger partial charge in [0.1, 0.15) is 5.75 Å². The Bertz CT molecular complexity index is 482. The van der Waals surface area contributed by atoms with Gasteiger partial charge >= 0.3 is 0 Å². The molecule has 0 aromatic heterocycles. The van der Waals surface area contributed by atoms with Crippen molar-refractivity contribution < 1.29 is 5.11 Å². The molecule has 0 fully saturated rings. The third kappa shape index (κ3) is 1.67. The molecule has 0 aliphatic carbocycles. The zero-order valence-corrected chi connectivity index (χ0v) is 8.57. The van der Waals surface area contributed by atoms with Crippen molar-refractivity contribution in [2.45, 2.75) is 13.0 Å². The number of nitrogens with one attached hydrogen (secondary N) is 1. The maximum Gasteiger partial charge on any atom is 0.128 e. The predicted octanol–water partition coefficient (Wildman–Crippen LogP) is 2.07. The first-order chi connectivity index (χ1) is 7.24. The highest BCUT2D eigenvalue weighted by Gasteiger charge is 2.10. The molecule has 1 atom stereocenters. The fourth-order valence-corrected chi connectivity index (χ4v) is 1.71. The van der Waals surface area contributed by atoms with Gasteiger partial charge in [0.05, 0.1) is 0 Å². The Morgan fingerprint density at radius 2 is 1.93 bits per heavy atom. The number of hydrazine groups is 1. The molecule has 2 rings (SSSR count). The molecule has 0 saturated heterocycles. The molecule has 0 amide bonds. The quantitative estimate of drug-likeness (QED) is 0.516. The summed E-state index contributed by atoms with van der Waals surface area (Å²) in [7, 11) is 0. The molecule has 4 N–H and O–H groups in total. The summed E-state index contributed by atoms with van der Waals surface area (Å²) in [5.74, 6) is 5.66. The number of nitrogens with two attached hydrogens (primary N) is 1. The molecule has 0 unspecified atom stereocenters. The van der Waals surface area contributed by atoms with Crippen molar-refractivity contribution >= 4 is 10.8 Å². The predicted molar refractivity (Wildman–Crippen MR) is 61.4 cm³/mol. The molecule has 0 spiro atoms. The number of aromatic hydroxyl groups is 1. The minimum atomic E-state index is -0.0605. The summed E-state index contributed by atoms with van der Waals surface area (Å²) in [6.07, 6.45) is 0. The fraction of sp³-hybridized carbons (Fsp3) is 0.167. The highest BCUT2D eigenvalue weighted by Crippen LogP contribution is 2.31. The van der Waals surface area contributed by atoms with Gasteiger partial charge in [-0.15, -0.1) is 0 Å². The molecule has 0 aliphatic rings. The van der Waals surface area contributed by atoms with E-state index < -0.39 is 0 Å². The summed E-state index contributed by atoms with van der Waals surface area (Å²) in [6.45, 7) is 1.91. The topological polar surface area (TPSA) is 58.3 Å². The van der Waals surface area contributed by atoms with Crippen LogP contribution in [0, 0.1) is 0 Å². The van der Waals surface area contributed by atoms with Crippen LogP contribution in [-0.4, -0.2) is 5.11 Å². The van der Waals surface area contributed by atoms with Crippen LogP contribution in [0.2, 0.25) is 0 Å². The van der Waals surface area contributed by atoms with Gasteiger partial charge in [0.25, 0.3) is 0 Å². The first kappa shape index (κ1) is 9.96. The average molecular weight is 202 g/mol. The number of fused-ring (bicyclic) bond motifs is 1. The fourth-order valence-electron chi connectivity index (χ4n) is 1.71. The van der Waals surface area contributed by atoms with Crippen molar-refractivity contribution in [1.82, 2.24) is 5.43 Å². The highest BCUT2D eigenvalue weighted by molar-refractivity contribution is 5.89. The SMILES string of the molecule is C[C@@H](NN)c1ccc2ccccc2c1O. The molecule has 0 heterocycles. The molecule has 3 nitrogen and oxygen atoms in total. The first-order valence-corrected chi connectivity index (χ1v) is 4.91. The minimum absolute atomic E-state index is 0.0605. The van der Waals surface area contributed by atoms with Crippen LogP contribution < -0.4 is 11.3 Å². The lowest BCUT2D eigenvalue weighted by Gasteiger charge is -2.13. The van der Waals surface area contributed by atoms with Crippen molar-refractivity contribution in [3.63, 3.8) is 0 Å². The molecule has 0 saturated carbocycles. The second kappa shape index (κ2) is 3.88. The van der Waals surface area contributed by atoms with Crippen LogP contribution in [0.15, 0.2) is 36.4 Å². The summed E-state index contributed by atoms with van der Waals surface area (Å²) in [4.78, 5) is 0. The summed E-state index contributed by atoms with van der Waals surface area (Å²) in [5, 5.41) is 11.9. The zero-order chi connectivity index (χ0) is 10.8. The Hall–Kier alpha value is -1.58. The van der Waals surface area contributed by atoms with Crippen molar-refractivity contribution in [3.05, 3.63) is 42.0 Å². The number of benzene rings is 2. The standard InChI is InChI=1S/C12H14N2O/c1-8(14-13)10-7-6-9-4-2-3-5-11(9)12(10)15/h2-8,14-15H,13H2,1H3/t8-/m1/s1. The van der Waals surface area contributed by atoms with E-state index in [9.17, 15) is 5.11 Å². The van der Waals surface area contributed by atoms with E-state index in [1.54, 1.807) is 0 Å². The van der Waals surface area contributed by atoms with E-state index in [0.29, 0.717) is 5.75 Å². The van der Waals surface area contributed by atoms with E-state index >= 15 is 0 Å². The summed E-state index contributed by atoms with van der Waals surface area (Å²) < 4.78 is 0. The number of phenolic OH excluding ortho intramolecular Hbond substituents is 1. The third-order valence-corrected chi connectivity index (χ3v) is 2.65. The molecule has 2 aromatic rings. The smallest absolute Gasteiger partial charge is 0.128 e. The molecule has 2 aromatic carbocycles. The summed E-state index contributed by atoms with van der Waals surface area (Å²) in [6, 6.07) is 11.5. The molecule has 0 radical (unpaired) electrons. The Kier molecular flexibility index (Phi) is 2.58. The largest absolute Gasteiger partial charge is 0.507 e. The second-order valence-electron chi connectivity index (χ2n) is 3.61. The second-order valence-corrected chi connectivity index (χ2v) is 3.61. The van der Waals surface area contributed by atoms with Crippen LogP contribution in [0.1, 0.15) is 18.5 Å². The van der Waals surface area contributed by atoms with Gasteiger partial charge in [-0.3, -0.25) is 11.3 Å². The molecule has 78 valence electrons. The molecule has 15 heavy (non-hydrogen) atoms. The minimum Gasteiger partial charge on any atom is -0.507 e. The lowest BCUT2D eigenvalue weighted by molar-refractivity contribution is 0.460. The van der Waals surface area contributed by atoms with Gasteiger partial charge in [0, 0.05) is 17.0 Å². The Balaban J connectivity index is 2.65. The van der Waals surface area contributed by atoms with Crippen LogP contribution in [0.5, 0.6) is 5.75 Å². The van der Waals surface area contributed by atoms with Gasteiger partial charge in [-0.2, -0.15) is 0 Å². The number of hydrogen-bond donors (Lipinski definition) is 3. The van der Waals surface area contributed by atoms with E-state index in [4.69, 9.17) is 5.84 Å². The average Bonchev–Trinajstić information content (AvgIpc) is 2.29. The normalized spacial score (nSPS) is 12.9. The molecule has 0 bridgehead atoms. The van der Waals surface area contributed by atoms with Gasteiger partial charge in [-0.25, -0.2) is 0 Å². The lowest BCUT2D eigenvalue weighted by Crippen LogP contribution is -2.25. The van der Waals surface area contributed by atoms with Gasteiger partial charge in [-0.05, 0) is 12.3 Å². The van der Waals surface area contributed by atoms with Gasteiger partial charge in [0.2, 0.25) is 0 Å². The highest BCUT2D eigenvalue weighted by atomic mass is 16.3. The monoisotopic (exact) mass is 202 g/mol. The summed E-state index contributed by atoms with van der Waals surface area (Å²) >= 11 is 0. The summed E-state index contributed by atoms with van der Waals surface area (Å²) in [5.41, 5.74) is 3.44. The third-order valence-electron chi connectivity index (χ3n) is 2.65. The van der Waals surface area contributed by atoms with E-state index in [1.165, 1.54) is 0 Å². The Morgan fingerprint density at radius 3 is 2.67 bits per heavy atom.